The van der Waals surface area contributed by atoms with Gasteiger partial charge in [0.05, 0.1) is 35.0 Å². The number of nitrogens with zero attached hydrogens (tertiary/aromatic N) is 2. The van der Waals surface area contributed by atoms with Crippen molar-refractivity contribution in [3.8, 4) is 5.75 Å². The molecule has 3 fully saturated rings. The van der Waals surface area contributed by atoms with Crippen LogP contribution in [-0.2, 0) is 19.2 Å². The lowest BCUT2D eigenvalue weighted by atomic mass is 9.57. The van der Waals surface area contributed by atoms with Crippen molar-refractivity contribution in [1.82, 2.24) is 0 Å². The Morgan fingerprint density at radius 1 is 0.682 bits per heavy atom. The van der Waals surface area contributed by atoms with Gasteiger partial charge in [-0.05, 0) is 86.2 Å². The summed E-state index contributed by atoms with van der Waals surface area (Å²) in [5.41, 5.74) is 3.56. The summed E-state index contributed by atoms with van der Waals surface area (Å²) in [6.45, 7) is 3.67. The van der Waals surface area contributed by atoms with Crippen LogP contribution in [0.4, 0.5) is 11.4 Å². The monoisotopic (exact) mass is 648 g/mol. The molecule has 10 heteroatoms. The zero-order valence-corrected chi connectivity index (χ0v) is 26.0. The summed E-state index contributed by atoms with van der Waals surface area (Å²) in [6.07, 6.45) is 2.41. The molecular weight excluding hydrogens is 623 g/mol. The van der Waals surface area contributed by atoms with E-state index in [1.807, 2.05) is 19.9 Å². The third-order valence-electron chi connectivity index (χ3n) is 9.80. The summed E-state index contributed by atoms with van der Waals surface area (Å²) in [7, 11) is 0. The first-order valence-electron chi connectivity index (χ1n) is 14.4. The predicted molar refractivity (Wildman–Crippen MR) is 168 cm³/mol. The highest BCUT2D eigenvalue weighted by Gasteiger charge is 2.62. The van der Waals surface area contributed by atoms with Crippen LogP contribution in [0, 0.1) is 43.4 Å². The number of halogens is 3. The molecule has 1 N–H and O–H groups in total. The van der Waals surface area contributed by atoms with Gasteiger partial charge in [0.15, 0.2) is 0 Å². The number of allylic oxidation sites excluding steroid dienone is 2. The van der Waals surface area contributed by atoms with Crippen molar-refractivity contribution in [2.75, 3.05) is 9.80 Å². The molecule has 2 aliphatic carbocycles. The Morgan fingerprint density at radius 3 is 1.84 bits per heavy atom. The van der Waals surface area contributed by atoms with Gasteiger partial charge in [0.1, 0.15) is 5.75 Å². The molecule has 2 aliphatic heterocycles. The van der Waals surface area contributed by atoms with E-state index in [2.05, 4.69) is 0 Å². The van der Waals surface area contributed by atoms with Crippen LogP contribution in [0.15, 0.2) is 66.2 Å². The number of carbonyl (C=O) groups excluding carboxylic acids is 4. The molecule has 224 valence electrons. The van der Waals surface area contributed by atoms with Gasteiger partial charge in [-0.15, -0.1) is 0 Å². The van der Waals surface area contributed by atoms with Gasteiger partial charge in [-0.2, -0.15) is 0 Å². The third-order valence-corrected chi connectivity index (χ3v) is 10.8. The molecule has 1 saturated carbocycles. The van der Waals surface area contributed by atoms with Crippen molar-refractivity contribution in [1.29, 1.82) is 0 Å². The number of fused-ring (bicyclic) bond motifs is 4. The minimum Gasteiger partial charge on any atom is -0.508 e. The largest absolute Gasteiger partial charge is 0.508 e. The van der Waals surface area contributed by atoms with E-state index < -0.39 is 47.3 Å². The molecule has 2 saturated heterocycles. The van der Waals surface area contributed by atoms with Crippen molar-refractivity contribution in [3.63, 3.8) is 0 Å². The molecule has 3 aromatic carbocycles. The molecule has 6 atom stereocenters. The average molecular weight is 650 g/mol. The standard InChI is InChI=1S/C34H27Cl3N2O5/c1-15-3-6-18(12-25(15)36)38-31(41)21-9-8-20-22(29(21)33(38)43)14-24-30(28(20)23-11-17(35)5-10-27(23)40)34(44)39(32(24)42)19-7-4-16(2)26(37)13-19/h3-8,10-13,21-22,24,28-30,40H,9,14H2,1-2H3/t21-,22+,24+,28+,29-,30+/m0/s1. The van der Waals surface area contributed by atoms with Crippen LogP contribution in [0.25, 0.3) is 0 Å². The smallest absolute Gasteiger partial charge is 0.238 e. The molecule has 7 nitrogen and oxygen atoms in total. The molecule has 3 aromatic rings. The van der Waals surface area contributed by atoms with E-state index in [1.165, 1.54) is 15.9 Å². The Balaban J connectivity index is 1.35. The van der Waals surface area contributed by atoms with Crippen molar-refractivity contribution >= 4 is 69.8 Å². The molecule has 4 aliphatic rings. The number of aromatic hydroxyl groups is 1. The minimum atomic E-state index is -0.842. The van der Waals surface area contributed by atoms with Gasteiger partial charge in [-0.1, -0.05) is 58.6 Å². The van der Waals surface area contributed by atoms with Gasteiger partial charge in [0, 0.05) is 26.5 Å². The number of benzene rings is 3. The highest BCUT2D eigenvalue weighted by molar-refractivity contribution is 6.33. The van der Waals surface area contributed by atoms with Crippen LogP contribution in [0.3, 0.4) is 0 Å². The highest BCUT2D eigenvalue weighted by atomic mass is 35.5. The summed E-state index contributed by atoms with van der Waals surface area (Å²) in [6, 6.07) is 14.8. The number of phenols is 1. The third kappa shape index (κ3) is 4.24. The summed E-state index contributed by atoms with van der Waals surface area (Å²) in [4.78, 5) is 58.6. The highest BCUT2D eigenvalue weighted by Crippen LogP contribution is 2.59. The summed E-state index contributed by atoms with van der Waals surface area (Å²) >= 11 is 19.1. The van der Waals surface area contributed by atoms with Crippen LogP contribution in [0.5, 0.6) is 5.75 Å². The SMILES string of the molecule is Cc1ccc(N2C(=O)[C@H]3[C@H](CC=C4[C@H]3C[C@H]3C(=O)N(c5ccc(C)c(Cl)c5)C(=O)[C@H]3[C@H]4c3cc(Cl)ccc3O)C2=O)cc1Cl. The molecule has 0 unspecified atom stereocenters. The second kappa shape index (κ2) is 10.5. The second-order valence-corrected chi connectivity index (χ2v) is 13.4. The fourth-order valence-corrected chi connectivity index (χ4v) is 8.19. The number of phenolic OH excluding ortho intramolecular Hbond substituents is 1. The number of rotatable bonds is 3. The summed E-state index contributed by atoms with van der Waals surface area (Å²) in [5.74, 6) is -5.79. The number of anilines is 2. The lowest BCUT2D eigenvalue weighted by molar-refractivity contribution is -0.126. The fourth-order valence-electron chi connectivity index (χ4n) is 7.66. The summed E-state index contributed by atoms with van der Waals surface area (Å²) in [5, 5.41) is 12.3. The number of aryl methyl sites for hydroxylation is 2. The van der Waals surface area contributed by atoms with Gasteiger partial charge in [-0.3, -0.25) is 19.2 Å². The topological polar surface area (TPSA) is 95.0 Å². The zero-order chi connectivity index (χ0) is 31.2. The maximum absolute atomic E-state index is 14.2. The van der Waals surface area contributed by atoms with E-state index in [1.54, 1.807) is 48.5 Å². The van der Waals surface area contributed by atoms with Crippen molar-refractivity contribution < 1.29 is 24.3 Å². The number of hydrogen-bond donors (Lipinski definition) is 1. The van der Waals surface area contributed by atoms with E-state index in [-0.39, 0.29) is 30.4 Å². The van der Waals surface area contributed by atoms with Crippen LogP contribution >= 0.6 is 34.8 Å². The minimum absolute atomic E-state index is 0.0661. The number of imide groups is 2. The second-order valence-electron chi connectivity index (χ2n) is 12.1. The molecule has 0 radical (unpaired) electrons. The first kappa shape index (κ1) is 29.1. The van der Waals surface area contributed by atoms with Crippen LogP contribution in [-0.4, -0.2) is 28.7 Å². The maximum atomic E-state index is 14.2. The van der Waals surface area contributed by atoms with Crippen LogP contribution in [0.2, 0.25) is 15.1 Å². The van der Waals surface area contributed by atoms with Gasteiger partial charge in [0.25, 0.3) is 0 Å². The fraction of sp³-hybridized carbons (Fsp3) is 0.294. The van der Waals surface area contributed by atoms with Crippen molar-refractivity contribution in [2.45, 2.75) is 32.6 Å². The number of amides is 4. The first-order chi connectivity index (χ1) is 21.0. The molecule has 0 spiro atoms. The van der Waals surface area contributed by atoms with E-state index in [4.69, 9.17) is 34.8 Å². The predicted octanol–water partition coefficient (Wildman–Crippen LogP) is 7.01. The lowest BCUT2D eigenvalue weighted by Crippen LogP contribution is -2.43. The van der Waals surface area contributed by atoms with Crippen LogP contribution in [0.1, 0.15) is 35.4 Å². The van der Waals surface area contributed by atoms with Gasteiger partial charge in [0.2, 0.25) is 23.6 Å². The van der Waals surface area contributed by atoms with Gasteiger partial charge >= 0.3 is 0 Å². The van der Waals surface area contributed by atoms with Gasteiger partial charge < -0.3 is 5.11 Å². The van der Waals surface area contributed by atoms with E-state index >= 15 is 0 Å². The van der Waals surface area contributed by atoms with Crippen LogP contribution < -0.4 is 9.80 Å². The van der Waals surface area contributed by atoms with Crippen molar-refractivity contribution in [2.24, 2.45) is 29.6 Å². The molecule has 44 heavy (non-hydrogen) atoms. The first-order valence-corrected chi connectivity index (χ1v) is 15.6. The lowest BCUT2D eigenvalue weighted by Gasteiger charge is -2.44. The molecule has 2 heterocycles. The normalized spacial score (nSPS) is 27.8. The van der Waals surface area contributed by atoms with E-state index in [0.29, 0.717) is 32.0 Å². The molecule has 0 bridgehead atoms. The van der Waals surface area contributed by atoms with E-state index in [9.17, 15) is 24.3 Å². The Hall–Kier alpha value is -3.65. The number of carbonyl (C=O) groups is 4. The molecule has 0 aromatic heterocycles. The maximum Gasteiger partial charge on any atom is 0.238 e. The van der Waals surface area contributed by atoms with Gasteiger partial charge in [-0.25, -0.2) is 9.80 Å². The molecule has 7 rings (SSSR count). The molecular formula is C34H27Cl3N2O5. The quantitative estimate of drug-likeness (QED) is 0.243. The molecule has 4 amide bonds. The summed E-state index contributed by atoms with van der Waals surface area (Å²) < 4.78 is 0. The Kier molecular flexibility index (Phi) is 6.92. The van der Waals surface area contributed by atoms with Crippen molar-refractivity contribution in [3.05, 3.63) is 98.0 Å². The number of hydrogen-bond acceptors (Lipinski definition) is 5. The Labute approximate surface area is 269 Å². The Bertz CT molecular complexity index is 1840. The van der Waals surface area contributed by atoms with E-state index in [0.717, 1.165) is 16.7 Å². The average Bonchev–Trinajstić information content (AvgIpc) is 3.40. The zero-order valence-electron chi connectivity index (χ0n) is 23.8. The Morgan fingerprint density at radius 2 is 1.25 bits per heavy atom.